The Hall–Kier alpha value is -0.850. The number of halogens is 4. The van der Waals surface area contributed by atoms with Crippen molar-refractivity contribution in [3.8, 4) is 0 Å². The molecule has 3 nitrogen and oxygen atoms in total. The number of aliphatic hydroxyl groups excluding tert-OH is 1. The molecule has 0 spiro atoms. The van der Waals surface area contributed by atoms with Crippen molar-refractivity contribution in [2.24, 2.45) is 0 Å². The zero-order chi connectivity index (χ0) is 10.2. The Bertz CT molecular complexity index is 211. The van der Waals surface area contributed by atoms with E-state index < -0.39 is 24.4 Å². The molecule has 0 radical (unpaired) electrons. The van der Waals surface area contributed by atoms with Crippen LogP contribution >= 0.6 is 0 Å². The van der Waals surface area contributed by atoms with E-state index in [1.54, 1.807) is 0 Å². The Morgan fingerprint density at radius 1 is 1.46 bits per heavy atom. The van der Waals surface area contributed by atoms with Gasteiger partial charge in [-0.1, -0.05) is 0 Å². The number of aliphatic hydroxyl groups is 1. The van der Waals surface area contributed by atoms with E-state index in [0.717, 1.165) is 0 Å². The van der Waals surface area contributed by atoms with Crippen LogP contribution in [0.1, 0.15) is 0 Å². The fourth-order valence-electron chi connectivity index (χ4n) is 0.936. The van der Waals surface area contributed by atoms with Crippen molar-refractivity contribution in [1.82, 2.24) is 4.90 Å². The van der Waals surface area contributed by atoms with Gasteiger partial charge in [0.1, 0.15) is 0 Å². The van der Waals surface area contributed by atoms with Gasteiger partial charge in [0.15, 0.2) is 0 Å². The molecule has 1 fully saturated rings. The summed E-state index contributed by atoms with van der Waals surface area (Å²) in [6, 6.07) is 0. The van der Waals surface area contributed by atoms with Crippen LogP contribution in [0.4, 0.5) is 17.6 Å². The molecule has 76 valence electrons. The minimum atomic E-state index is -5.16. The molecule has 0 aromatic carbocycles. The van der Waals surface area contributed by atoms with E-state index in [-0.39, 0.29) is 13.1 Å². The molecule has 0 aromatic rings. The second-order valence-electron chi connectivity index (χ2n) is 2.80. The first kappa shape index (κ1) is 10.2. The van der Waals surface area contributed by atoms with E-state index in [0.29, 0.717) is 4.90 Å². The van der Waals surface area contributed by atoms with Gasteiger partial charge in [-0.3, -0.25) is 4.79 Å². The van der Waals surface area contributed by atoms with Gasteiger partial charge in [0.2, 0.25) is 0 Å². The van der Waals surface area contributed by atoms with Crippen LogP contribution in [0.3, 0.4) is 0 Å². The minimum absolute atomic E-state index is 0.227. The summed E-state index contributed by atoms with van der Waals surface area (Å²) in [6.07, 6.45) is -9.46. The van der Waals surface area contributed by atoms with Crippen molar-refractivity contribution >= 4 is 5.91 Å². The molecule has 0 aliphatic carbocycles. The molecule has 1 rings (SSSR count). The Kier molecular flexibility index (Phi) is 2.47. The molecule has 1 aliphatic heterocycles. The largest absolute Gasteiger partial charge is 0.428 e. The highest BCUT2D eigenvalue weighted by atomic mass is 19.4. The number of likely N-dealkylation sites (tertiary alicyclic amines) is 1. The average molecular weight is 201 g/mol. The maximum Gasteiger partial charge on any atom is 0.428 e. The summed E-state index contributed by atoms with van der Waals surface area (Å²) in [6.45, 7) is -0.454. The monoisotopic (exact) mass is 201 g/mol. The lowest BCUT2D eigenvalue weighted by molar-refractivity contribution is -0.198. The molecule has 1 saturated heterocycles. The number of hydrogen-bond donors (Lipinski definition) is 1. The number of hydrogen-bond acceptors (Lipinski definition) is 2. The Labute approximate surface area is 70.9 Å². The number of β-amino-alcohol motifs (C(OH)–C–C–N with tert-alkyl or cyclic N) is 1. The second kappa shape index (κ2) is 3.13. The molecule has 1 aliphatic rings. The maximum absolute atomic E-state index is 12.3. The lowest BCUT2D eigenvalue weighted by atomic mass is 10.1. The number of carbonyl (C=O) groups excluding carboxylic acids is 1. The predicted molar refractivity (Wildman–Crippen MR) is 33.5 cm³/mol. The highest BCUT2D eigenvalue weighted by Crippen LogP contribution is 2.25. The van der Waals surface area contributed by atoms with Gasteiger partial charge < -0.3 is 10.0 Å². The average Bonchev–Trinajstić information content (AvgIpc) is 1.94. The first-order chi connectivity index (χ1) is 5.82. The number of rotatable bonds is 1. The summed E-state index contributed by atoms with van der Waals surface area (Å²) in [7, 11) is 0. The predicted octanol–water partition coefficient (Wildman–Crippen LogP) is 0.0899. The Morgan fingerprint density at radius 2 is 1.92 bits per heavy atom. The van der Waals surface area contributed by atoms with Crippen molar-refractivity contribution in [2.45, 2.75) is 18.5 Å². The van der Waals surface area contributed by atoms with Crippen LogP contribution in [0.25, 0.3) is 0 Å². The van der Waals surface area contributed by atoms with Crippen LogP contribution in [0, 0.1) is 0 Å². The summed E-state index contributed by atoms with van der Waals surface area (Å²) in [5.74, 6) is -1.63. The van der Waals surface area contributed by atoms with E-state index in [2.05, 4.69) is 0 Å². The number of amides is 1. The smallest absolute Gasteiger partial charge is 0.389 e. The van der Waals surface area contributed by atoms with Crippen molar-refractivity contribution < 1.29 is 27.5 Å². The standard InChI is InChI=1S/C6H7F4NO2/c7-4(6(8,9)10)5(13)11-1-3(12)2-11/h3-4,12H,1-2H2. The Balaban J connectivity index is 2.49. The normalized spacial score (nSPS) is 21.2. The topological polar surface area (TPSA) is 40.5 Å². The van der Waals surface area contributed by atoms with E-state index >= 15 is 0 Å². The lowest BCUT2D eigenvalue weighted by Crippen LogP contribution is -2.57. The third-order valence-corrected chi connectivity index (χ3v) is 1.68. The highest BCUT2D eigenvalue weighted by molar-refractivity contribution is 5.82. The van der Waals surface area contributed by atoms with Crippen LogP contribution in [0.5, 0.6) is 0 Å². The Morgan fingerprint density at radius 3 is 2.23 bits per heavy atom. The molecule has 0 aromatic heterocycles. The molecule has 1 amide bonds. The van der Waals surface area contributed by atoms with Gasteiger partial charge in [-0.2, -0.15) is 13.2 Å². The van der Waals surface area contributed by atoms with Crippen LogP contribution in [-0.2, 0) is 4.79 Å². The first-order valence-corrected chi connectivity index (χ1v) is 3.50. The summed E-state index contributed by atoms with van der Waals surface area (Å²) in [5.41, 5.74) is 0. The molecular formula is C6H7F4NO2. The summed E-state index contributed by atoms with van der Waals surface area (Å²) >= 11 is 0. The molecule has 1 atom stereocenters. The van der Waals surface area contributed by atoms with E-state index in [1.165, 1.54) is 0 Å². The van der Waals surface area contributed by atoms with Crippen molar-refractivity contribution in [1.29, 1.82) is 0 Å². The zero-order valence-corrected chi connectivity index (χ0v) is 6.38. The second-order valence-corrected chi connectivity index (χ2v) is 2.80. The maximum atomic E-state index is 12.3. The SMILES string of the molecule is O=C(C(F)C(F)(F)F)N1CC(O)C1. The van der Waals surface area contributed by atoms with Gasteiger partial charge in [-0.25, -0.2) is 4.39 Å². The van der Waals surface area contributed by atoms with Crippen molar-refractivity contribution in [3.05, 3.63) is 0 Å². The van der Waals surface area contributed by atoms with Crippen LogP contribution in [0.15, 0.2) is 0 Å². The van der Waals surface area contributed by atoms with Gasteiger partial charge >= 0.3 is 6.18 Å². The van der Waals surface area contributed by atoms with Gasteiger partial charge in [-0.15, -0.1) is 0 Å². The highest BCUT2D eigenvalue weighted by Gasteiger charge is 2.49. The number of nitrogens with zero attached hydrogens (tertiary/aromatic N) is 1. The van der Waals surface area contributed by atoms with Gasteiger partial charge in [0, 0.05) is 13.1 Å². The summed E-state index contributed by atoms with van der Waals surface area (Å²) < 4.78 is 47.2. The van der Waals surface area contributed by atoms with E-state index in [4.69, 9.17) is 5.11 Å². The fraction of sp³-hybridized carbons (Fsp3) is 0.833. The molecule has 1 unspecified atom stereocenters. The number of alkyl halides is 4. The van der Waals surface area contributed by atoms with Gasteiger partial charge in [-0.05, 0) is 0 Å². The molecule has 1 N–H and O–H groups in total. The molecule has 1 heterocycles. The van der Waals surface area contributed by atoms with Crippen molar-refractivity contribution in [2.75, 3.05) is 13.1 Å². The van der Waals surface area contributed by atoms with Gasteiger partial charge in [0.05, 0.1) is 6.10 Å². The first-order valence-electron chi connectivity index (χ1n) is 3.50. The van der Waals surface area contributed by atoms with E-state index in [1.807, 2.05) is 0 Å². The van der Waals surface area contributed by atoms with Crippen LogP contribution < -0.4 is 0 Å². The third kappa shape index (κ3) is 2.09. The summed E-state index contributed by atoms with van der Waals surface area (Å²) in [5, 5.41) is 8.65. The molecule has 13 heavy (non-hydrogen) atoms. The molecule has 0 bridgehead atoms. The van der Waals surface area contributed by atoms with Crippen LogP contribution in [-0.4, -0.2) is 47.5 Å². The van der Waals surface area contributed by atoms with E-state index in [9.17, 15) is 22.4 Å². The summed E-state index contributed by atoms with van der Waals surface area (Å²) in [4.78, 5) is 11.3. The molecule has 7 heteroatoms. The molecular weight excluding hydrogens is 194 g/mol. The fourth-order valence-corrected chi connectivity index (χ4v) is 0.936. The van der Waals surface area contributed by atoms with Crippen LogP contribution in [0.2, 0.25) is 0 Å². The lowest BCUT2D eigenvalue weighted by Gasteiger charge is -2.36. The third-order valence-electron chi connectivity index (χ3n) is 1.68. The zero-order valence-electron chi connectivity index (χ0n) is 6.38. The molecule has 0 saturated carbocycles. The number of carbonyl (C=O) groups is 1. The van der Waals surface area contributed by atoms with Gasteiger partial charge in [0.25, 0.3) is 12.1 Å². The quantitative estimate of drug-likeness (QED) is 0.611. The minimum Gasteiger partial charge on any atom is -0.389 e. The van der Waals surface area contributed by atoms with Crippen molar-refractivity contribution in [3.63, 3.8) is 0 Å².